The highest BCUT2D eigenvalue weighted by Gasteiger charge is 2.17. The Balaban J connectivity index is 1.03. The zero-order chi connectivity index (χ0) is 49.6. The van der Waals surface area contributed by atoms with Gasteiger partial charge in [-0.3, -0.25) is 0 Å². The van der Waals surface area contributed by atoms with E-state index >= 15 is 0 Å². The Bertz CT molecular complexity index is 4210. The summed E-state index contributed by atoms with van der Waals surface area (Å²) in [6.07, 6.45) is 0. The Hall–Kier alpha value is -7.41. The van der Waals surface area contributed by atoms with Crippen LogP contribution in [0.3, 0.4) is 0 Å². The molecule has 0 aliphatic heterocycles. The third-order valence-electron chi connectivity index (χ3n) is 9.97. The predicted octanol–water partition coefficient (Wildman–Crippen LogP) is 13.9. The standard InChI is InChI=1S/C51H30N4OS/c1-3-11-31(12-4-1)49-52-50(32-13-5-2-6-14-32)54-51(53-49)35-20-24-41-42-27-33(21-26-47(42)57-48(41)29-35)34-19-23-39-40-25-22-36(30-46(40)56-45(39)28-34)55-43-17-9-7-15-37(43)38-16-8-10-18-44(38)55/h1-30H/i7D,8D,9D,10D,15D,16D,17D,18D,19D,22D,23D,25D,28D,30D. The van der Waals surface area contributed by atoms with Crippen LogP contribution in [0.4, 0.5) is 0 Å². The van der Waals surface area contributed by atoms with Gasteiger partial charge in [0.05, 0.1) is 30.2 Å². The largest absolute Gasteiger partial charge is 0.456 e. The predicted molar refractivity (Wildman–Crippen MR) is 236 cm³/mol. The van der Waals surface area contributed by atoms with Crippen LogP contribution < -0.4 is 0 Å². The van der Waals surface area contributed by atoms with E-state index < -0.39 is 78.2 Å². The van der Waals surface area contributed by atoms with Crippen LogP contribution in [-0.2, 0) is 0 Å². The summed E-state index contributed by atoms with van der Waals surface area (Å²) in [5.41, 5.74) is 1.15. The van der Waals surface area contributed by atoms with Crippen molar-refractivity contribution in [2.45, 2.75) is 0 Å². The maximum absolute atomic E-state index is 9.53. The van der Waals surface area contributed by atoms with Gasteiger partial charge < -0.3 is 8.98 Å². The summed E-state index contributed by atoms with van der Waals surface area (Å²) >= 11 is 1.54. The first-order valence-corrected chi connectivity index (χ1v) is 18.7. The summed E-state index contributed by atoms with van der Waals surface area (Å²) < 4.78 is 135. The maximum atomic E-state index is 9.53. The topological polar surface area (TPSA) is 56.7 Å². The van der Waals surface area contributed by atoms with Gasteiger partial charge in [-0.2, -0.15) is 0 Å². The quantitative estimate of drug-likeness (QED) is 0.175. The van der Waals surface area contributed by atoms with Crippen LogP contribution in [0.5, 0.6) is 0 Å². The lowest BCUT2D eigenvalue weighted by molar-refractivity contribution is 0.669. The number of furan rings is 1. The van der Waals surface area contributed by atoms with Gasteiger partial charge in [0.25, 0.3) is 0 Å². The number of thiophene rings is 1. The first-order valence-electron chi connectivity index (χ1n) is 24.9. The number of hydrogen-bond acceptors (Lipinski definition) is 5. The van der Waals surface area contributed by atoms with Gasteiger partial charge in [-0.05, 0) is 65.6 Å². The van der Waals surface area contributed by atoms with Gasteiger partial charge in [-0.15, -0.1) is 11.3 Å². The minimum atomic E-state index is -0.697. The van der Waals surface area contributed by atoms with Gasteiger partial charge in [0, 0.05) is 70.1 Å². The number of hydrogen-bond donors (Lipinski definition) is 0. The first kappa shape index (κ1) is 21.0. The van der Waals surface area contributed by atoms with E-state index in [2.05, 4.69) is 0 Å². The Morgan fingerprint density at radius 2 is 1.04 bits per heavy atom. The molecule has 4 heterocycles. The maximum Gasteiger partial charge on any atom is 0.164 e. The average Bonchev–Trinajstić information content (AvgIpc) is 4.09. The van der Waals surface area contributed by atoms with Crippen LogP contribution >= 0.6 is 11.3 Å². The molecular weight excluding hydrogens is 717 g/mol. The molecule has 0 aliphatic rings. The van der Waals surface area contributed by atoms with Gasteiger partial charge in [-0.1, -0.05) is 121 Å². The second kappa shape index (κ2) is 12.6. The second-order valence-electron chi connectivity index (χ2n) is 13.3. The van der Waals surface area contributed by atoms with Gasteiger partial charge in [0.2, 0.25) is 0 Å². The highest BCUT2D eigenvalue weighted by molar-refractivity contribution is 7.25. The number of benzene rings is 8. The summed E-state index contributed by atoms with van der Waals surface area (Å²) in [7, 11) is 0. The molecule has 12 rings (SSSR count). The lowest BCUT2D eigenvalue weighted by Crippen LogP contribution is -1.99. The Morgan fingerprint density at radius 1 is 0.439 bits per heavy atom. The molecule has 4 aromatic heterocycles. The van der Waals surface area contributed by atoms with E-state index in [4.69, 9.17) is 30.3 Å². The molecule has 57 heavy (non-hydrogen) atoms. The van der Waals surface area contributed by atoms with Crippen molar-refractivity contribution in [2.75, 3.05) is 0 Å². The first-order chi connectivity index (χ1) is 34.1. The van der Waals surface area contributed by atoms with E-state index in [1.165, 1.54) is 11.3 Å². The molecular formula is C51H30N4OS. The highest BCUT2D eigenvalue weighted by atomic mass is 32.1. The number of nitrogens with zero attached hydrogens (tertiary/aromatic N) is 4. The smallest absolute Gasteiger partial charge is 0.164 e. The average molecular weight is 761 g/mol. The summed E-state index contributed by atoms with van der Waals surface area (Å²) in [6.45, 7) is 0. The zero-order valence-electron chi connectivity index (χ0n) is 43.3. The fraction of sp³-hybridized carbons (Fsp3) is 0. The second-order valence-corrected chi connectivity index (χ2v) is 14.4. The van der Waals surface area contributed by atoms with Gasteiger partial charge >= 0.3 is 0 Å². The van der Waals surface area contributed by atoms with E-state index in [0.29, 0.717) is 23.0 Å². The molecule has 266 valence electrons. The van der Waals surface area contributed by atoms with Crippen molar-refractivity contribution in [2.24, 2.45) is 0 Å². The summed E-state index contributed by atoms with van der Waals surface area (Å²) in [5, 5.41) is 0.808. The molecule has 0 aliphatic carbocycles. The van der Waals surface area contributed by atoms with Crippen LogP contribution in [-0.4, -0.2) is 19.5 Å². The van der Waals surface area contributed by atoms with Gasteiger partial charge in [0.15, 0.2) is 17.5 Å². The van der Waals surface area contributed by atoms with E-state index in [-0.39, 0.29) is 61.4 Å². The summed E-state index contributed by atoms with van der Waals surface area (Å²) in [5.74, 6) is 1.55. The number of fused-ring (bicyclic) bond motifs is 9. The van der Waals surface area contributed by atoms with E-state index in [9.17, 15) is 8.22 Å². The molecule has 0 amide bonds. The fourth-order valence-corrected chi connectivity index (χ4v) is 8.41. The normalized spacial score (nSPS) is 15.3. The SMILES string of the molecule is [2H]c1c(-c2ccc3sc4cc(-c5nc(-c6ccccc6)nc(-c6ccccc6)n5)ccc4c3c2)c([2H])c2oc3c([2H])c(-n4c5c([2H])c([2H])c([2H])c([2H])c5c5c([2H])c([2H])c([2H])c([2H])c54)c([2H])c([2H])c3c2c1[2H]. The number of aromatic nitrogens is 4. The van der Waals surface area contributed by atoms with Crippen molar-refractivity contribution in [3.8, 4) is 51.0 Å². The van der Waals surface area contributed by atoms with Crippen molar-refractivity contribution in [3.63, 3.8) is 0 Å². The summed E-state index contributed by atoms with van der Waals surface area (Å²) in [4.78, 5) is 14.6. The Labute approximate surface area is 350 Å². The van der Waals surface area contributed by atoms with Crippen LogP contribution in [0, 0.1) is 0 Å². The Kier molecular flexibility index (Phi) is 4.64. The molecule has 0 N–H and O–H groups in total. The molecule has 8 aromatic carbocycles. The molecule has 0 bridgehead atoms. The minimum absolute atomic E-state index is 0.0465. The van der Waals surface area contributed by atoms with Crippen molar-refractivity contribution in [1.82, 2.24) is 19.5 Å². The van der Waals surface area contributed by atoms with E-state index in [0.717, 1.165) is 41.4 Å². The van der Waals surface area contributed by atoms with Gasteiger partial charge in [0.1, 0.15) is 11.2 Å². The van der Waals surface area contributed by atoms with Crippen LogP contribution in [0.25, 0.3) is 115 Å². The minimum Gasteiger partial charge on any atom is -0.456 e. The molecule has 0 saturated heterocycles. The van der Waals surface area contributed by atoms with E-state index in [1.54, 1.807) is 6.07 Å². The monoisotopic (exact) mass is 760 g/mol. The third-order valence-corrected chi connectivity index (χ3v) is 11.1. The molecule has 0 unspecified atom stereocenters. The molecule has 0 radical (unpaired) electrons. The van der Waals surface area contributed by atoms with Crippen molar-refractivity contribution in [3.05, 3.63) is 182 Å². The van der Waals surface area contributed by atoms with Crippen molar-refractivity contribution in [1.29, 1.82) is 0 Å². The van der Waals surface area contributed by atoms with E-state index in [1.807, 2.05) is 91.0 Å². The number of rotatable bonds is 5. The highest BCUT2D eigenvalue weighted by Crippen LogP contribution is 2.40. The summed E-state index contributed by atoms with van der Waals surface area (Å²) in [6, 6.07) is 22.5. The lowest BCUT2D eigenvalue weighted by atomic mass is 10.0. The van der Waals surface area contributed by atoms with Crippen molar-refractivity contribution >= 4 is 75.3 Å². The van der Waals surface area contributed by atoms with Gasteiger partial charge in [-0.25, -0.2) is 15.0 Å². The molecule has 5 nitrogen and oxygen atoms in total. The molecule has 0 saturated carbocycles. The zero-order valence-corrected chi connectivity index (χ0v) is 30.2. The van der Waals surface area contributed by atoms with Crippen LogP contribution in [0.2, 0.25) is 0 Å². The molecule has 12 aromatic rings. The van der Waals surface area contributed by atoms with Crippen molar-refractivity contribution < 1.29 is 23.6 Å². The molecule has 0 atom stereocenters. The number of para-hydroxylation sites is 2. The molecule has 6 heteroatoms. The van der Waals surface area contributed by atoms with Crippen LogP contribution in [0.1, 0.15) is 19.2 Å². The Morgan fingerprint density at radius 3 is 1.72 bits per heavy atom. The third kappa shape index (κ3) is 5.19. The fourth-order valence-electron chi connectivity index (χ4n) is 7.29. The van der Waals surface area contributed by atoms with Crippen LogP contribution in [0.15, 0.2) is 186 Å². The molecule has 0 fully saturated rings. The lowest BCUT2D eigenvalue weighted by Gasteiger charge is -2.08. The molecule has 0 spiro atoms.